The Balaban J connectivity index is 1.22. The topological polar surface area (TPSA) is 121 Å². The molecule has 2 amide bonds. The van der Waals surface area contributed by atoms with Crippen molar-refractivity contribution in [2.45, 2.75) is 13.1 Å². The van der Waals surface area contributed by atoms with Gasteiger partial charge in [0.1, 0.15) is 0 Å². The van der Waals surface area contributed by atoms with Gasteiger partial charge in [0.15, 0.2) is 23.0 Å². The van der Waals surface area contributed by atoms with Gasteiger partial charge in [0.2, 0.25) is 13.6 Å². The lowest BCUT2D eigenvalue weighted by Gasteiger charge is -2.11. The molecule has 0 unspecified atom stereocenters. The standard InChI is InChI=1S/C24H21N3O6/c25-18-4-3-16(23(28)26-10-14-1-5-19-21(7-14)32-12-30-19)9-17(18)24(29)27-11-15-2-6-20-22(8-15)33-13-31-20/h1-9H,10-13,25H2,(H,26,28)(H,27,29). The minimum atomic E-state index is -0.379. The first kappa shape index (κ1) is 20.5. The Morgan fingerprint density at radius 2 is 1.24 bits per heavy atom. The van der Waals surface area contributed by atoms with Crippen molar-refractivity contribution in [2.75, 3.05) is 19.3 Å². The van der Waals surface area contributed by atoms with E-state index in [0.717, 1.165) is 11.1 Å². The van der Waals surface area contributed by atoms with Gasteiger partial charge in [-0.15, -0.1) is 0 Å². The number of amides is 2. The van der Waals surface area contributed by atoms with Gasteiger partial charge in [-0.1, -0.05) is 12.1 Å². The Bertz CT molecular complexity index is 1240. The molecule has 0 fully saturated rings. The molecule has 0 spiro atoms. The number of ether oxygens (including phenoxy) is 4. The highest BCUT2D eigenvalue weighted by molar-refractivity contribution is 6.03. The number of carbonyl (C=O) groups excluding carboxylic acids is 2. The lowest BCUT2D eigenvalue weighted by molar-refractivity contribution is 0.0950. The lowest BCUT2D eigenvalue weighted by Crippen LogP contribution is -2.26. The predicted octanol–water partition coefficient (Wildman–Crippen LogP) is 2.59. The van der Waals surface area contributed by atoms with Crippen molar-refractivity contribution in [3.05, 3.63) is 76.9 Å². The maximum Gasteiger partial charge on any atom is 0.253 e. The van der Waals surface area contributed by atoms with Crippen LogP contribution in [0.2, 0.25) is 0 Å². The zero-order valence-electron chi connectivity index (χ0n) is 17.6. The number of nitrogens with one attached hydrogen (secondary N) is 2. The number of hydrogen-bond donors (Lipinski definition) is 3. The van der Waals surface area contributed by atoms with E-state index in [0.29, 0.717) is 35.1 Å². The van der Waals surface area contributed by atoms with Gasteiger partial charge in [-0.3, -0.25) is 9.59 Å². The molecular weight excluding hydrogens is 426 g/mol. The highest BCUT2D eigenvalue weighted by Gasteiger charge is 2.17. The molecule has 2 aliphatic heterocycles. The molecule has 0 aliphatic carbocycles. The second-order valence-electron chi connectivity index (χ2n) is 7.54. The van der Waals surface area contributed by atoms with Crippen LogP contribution in [0.3, 0.4) is 0 Å². The molecular formula is C24H21N3O6. The van der Waals surface area contributed by atoms with Crippen molar-refractivity contribution in [1.82, 2.24) is 10.6 Å². The summed E-state index contributed by atoms with van der Waals surface area (Å²) in [6.07, 6.45) is 0. The quantitative estimate of drug-likeness (QED) is 0.497. The Morgan fingerprint density at radius 3 is 1.85 bits per heavy atom. The van der Waals surface area contributed by atoms with Gasteiger partial charge in [0, 0.05) is 24.3 Å². The molecule has 0 aromatic heterocycles. The summed E-state index contributed by atoms with van der Waals surface area (Å²) in [5.74, 6) is 1.94. The van der Waals surface area contributed by atoms with E-state index in [9.17, 15) is 9.59 Å². The van der Waals surface area contributed by atoms with Crippen molar-refractivity contribution in [3.63, 3.8) is 0 Å². The fraction of sp³-hybridized carbons (Fsp3) is 0.167. The second kappa shape index (κ2) is 8.62. The van der Waals surface area contributed by atoms with E-state index in [-0.39, 0.29) is 43.2 Å². The molecule has 9 heteroatoms. The summed E-state index contributed by atoms with van der Waals surface area (Å²) in [5.41, 5.74) is 8.55. The van der Waals surface area contributed by atoms with E-state index < -0.39 is 0 Å². The van der Waals surface area contributed by atoms with E-state index in [1.807, 2.05) is 24.3 Å². The summed E-state index contributed by atoms with van der Waals surface area (Å²) in [6, 6.07) is 15.5. The first-order valence-corrected chi connectivity index (χ1v) is 10.3. The summed E-state index contributed by atoms with van der Waals surface area (Å²) >= 11 is 0. The van der Waals surface area contributed by atoms with Crippen LogP contribution in [0.15, 0.2) is 54.6 Å². The van der Waals surface area contributed by atoms with Crippen LogP contribution in [0.5, 0.6) is 23.0 Å². The molecule has 0 bridgehead atoms. The molecule has 5 rings (SSSR count). The van der Waals surface area contributed by atoms with Gasteiger partial charge in [-0.25, -0.2) is 0 Å². The SMILES string of the molecule is Nc1ccc(C(=O)NCc2ccc3c(c2)OCO3)cc1C(=O)NCc1ccc2c(c1)OCO2. The van der Waals surface area contributed by atoms with Gasteiger partial charge in [0.05, 0.1) is 5.56 Å². The number of anilines is 1. The highest BCUT2D eigenvalue weighted by Crippen LogP contribution is 2.33. The van der Waals surface area contributed by atoms with Gasteiger partial charge in [-0.2, -0.15) is 0 Å². The fourth-order valence-electron chi connectivity index (χ4n) is 3.56. The van der Waals surface area contributed by atoms with Crippen LogP contribution in [0.1, 0.15) is 31.8 Å². The Kier molecular flexibility index (Phi) is 5.35. The molecule has 0 radical (unpaired) electrons. The monoisotopic (exact) mass is 447 g/mol. The van der Waals surface area contributed by atoms with E-state index in [4.69, 9.17) is 24.7 Å². The molecule has 0 atom stereocenters. The van der Waals surface area contributed by atoms with Crippen LogP contribution in [0.4, 0.5) is 5.69 Å². The van der Waals surface area contributed by atoms with Crippen LogP contribution in [-0.4, -0.2) is 25.4 Å². The maximum atomic E-state index is 12.7. The van der Waals surface area contributed by atoms with E-state index in [1.165, 1.54) is 6.07 Å². The van der Waals surface area contributed by atoms with Crippen LogP contribution in [0.25, 0.3) is 0 Å². The summed E-state index contributed by atoms with van der Waals surface area (Å²) in [5, 5.41) is 5.66. The van der Waals surface area contributed by atoms with Gasteiger partial charge >= 0.3 is 0 Å². The second-order valence-corrected chi connectivity index (χ2v) is 7.54. The zero-order valence-corrected chi connectivity index (χ0v) is 17.6. The zero-order chi connectivity index (χ0) is 22.8. The summed E-state index contributed by atoms with van der Waals surface area (Å²) in [4.78, 5) is 25.4. The summed E-state index contributed by atoms with van der Waals surface area (Å²) < 4.78 is 21.3. The molecule has 4 N–H and O–H groups in total. The number of carbonyl (C=O) groups is 2. The van der Waals surface area contributed by atoms with E-state index in [2.05, 4.69) is 10.6 Å². The number of nitrogen functional groups attached to an aromatic ring is 1. The number of hydrogen-bond acceptors (Lipinski definition) is 7. The third-order valence-electron chi connectivity index (χ3n) is 5.34. The molecule has 3 aromatic rings. The van der Waals surface area contributed by atoms with Crippen LogP contribution >= 0.6 is 0 Å². The molecule has 9 nitrogen and oxygen atoms in total. The minimum Gasteiger partial charge on any atom is -0.454 e. The minimum absolute atomic E-state index is 0.186. The first-order valence-electron chi connectivity index (χ1n) is 10.3. The van der Waals surface area contributed by atoms with E-state index >= 15 is 0 Å². The van der Waals surface area contributed by atoms with Gasteiger partial charge < -0.3 is 35.3 Å². The van der Waals surface area contributed by atoms with E-state index in [1.54, 1.807) is 24.3 Å². The van der Waals surface area contributed by atoms with Crippen molar-refractivity contribution < 1.29 is 28.5 Å². The lowest BCUT2D eigenvalue weighted by atomic mass is 10.1. The number of fused-ring (bicyclic) bond motifs is 2. The largest absolute Gasteiger partial charge is 0.454 e. The molecule has 168 valence electrons. The van der Waals surface area contributed by atoms with Crippen LogP contribution in [0, 0.1) is 0 Å². The maximum absolute atomic E-state index is 12.7. The Labute approximate surface area is 189 Å². The van der Waals surface area contributed by atoms with Crippen LogP contribution in [-0.2, 0) is 13.1 Å². The number of benzene rings is 3. The third-order valence-corrected chi connectivity index (χ3v) is 5.34. The Hall–Kier alpha value is -4.40. The number of nitrogens with two attached hydrogens (primary N) is 1. The van der Waals surface area contributed by atoms with Crippen molar-refractivity contribution >= 4 is 17.5 Å². The smallest absolute Gasteiger partial charge is 0.253 e. The van der Waals surface area contributed by atoms with Crippen molar-refractivity contribution in [3.8, 4) is 23.0 Å². The molecule has 0 saturated heterocycles. The average molecular weight is 447 g/mol. The molecule has 2 heterocycles. The van der Waals surface area contributed by atoms with Crippen molar-refractivity contribution in [2.24, 2.45) is 0 Å². The van der Waals surface area contributed by atoms with Gasteiger partial charge in [0.25, 0.3) is 11.8 Å². The van der Waals surface area contributed by atoms with Crippen LogP contribution < -0.4 is 35.3 Å². The molecule has 33 heavy (non-hydrogen) atoms. The normalized spacial score (nSPS) is 13.0. The summed E-state index contributed by atoms with van der Waals surface area (Å²) in [6.45, 7) is 0.947. The summed E-state index contributed by atoms with van der Waals surface area (Å²) in [7, 11) is 0. The molecule has 0 saturated carbocycles. The molecule has 2 aliphatic rings. The Morgan fingerprint density at radius 1 is 0.697 bits per heavy atom. The average Bonchev–Trinajstić information content (AvgIpc) is 3.49. The fourth-order valence-corrected chi connectivity index (χ4v) is 3.56. The first-order chi connectivity index (χ1) is 16.1. The third kappa shape index (κ3) is 4.33. The highest BCUT2D eigenvalue weighted by atomic mass is 16.7. The van der Waals surface area contributed by atoms with Crippen molar-refractivity contribution in [1.29, 1.82) is 0 Å². The predicted molar refractivity (Wildman–Crippen MR) is 118 cm³/mol. The van der Waals surface area contributed by atoms with Gasteiger partial charge in [-0.05, 0) is 53.6 Å². The number of rotatable bonds is 6. The molecule has 3 aromatic carbocycles.